The van der Waals surface area contributed by atoms with Gasteiger partial charge < -0.3 is 14.1 Å². The first-order valence-electron chi connectivity index (χ1n) is 13.4. The number of allylic oxidation sites excluding steroid dienone is 1. The van der Waals surface area contributed by atoms with Crippen molar-refractivity contribution in [1.82, 2.24) is 9.97 Å². The Kier molecular flexibility index (Phi) is 6.60. The summed E-state index contributed by atoms with van der Waals surface area (Å²) in [5.74, 6) is 0.494. The van der Waals surface area contributed by atoms with Gasteiger partial charge in [-0.3, -0.25) is 14.4 Å². The summed E-state index contributed by atoms with van der Waals surface area (Å²) < 4.78 is 11.6. The van der Waals surface area contributed by atoms with E-state index >= 15 is 0 Å². The molecular weight excluding hydrogens is 496 g/mol. The van der Waals surface area contributed by atoms with Gasteiger partial charge in [0.2, 0.25) is 5.95 Å². The SMILES string of the molecule is C=CC(=O)N(c1ccc2c(=O)cc(N3CCOCC3)oc2c1)c1ncc2c(n1)C(C1CCCC1)C(C(C)=O)=C2. The van der Waals surface area contributed by atoms with Crippen molar-refractivity contribution in [2.45, 2.75) is 38.5 Å². The van der Waals surface area contributed by atoms with Gasteiger partial charge in [0.05, 0.1) is 30.0 Å². The highest BCUT2D eigenvalue weighted by atomic mass is 16.5. The summed E-state index contributed by atoms with van der Waals surface area (Å²) in [6, 6.07) is 6.48. The third-order valence-electron chi connectivity index (χ3n) is 7.93. The number of ether oxygens (including phenoxy) is 1. The number of hydrogen-bond acceptors (Lipinski definition) is 8. The van der Waals surface area contributed by atoms with Crippen LogP contribution in [0.25, 0.3) is 17.0 Å². The number of anilines is 3. The summed E-state index contributed by atoms with van der Waals surface area (Å²) in [5.41, 5.74) is 2.99. The number of morpholine rings is 1. The van der Waals surface area contributed by atoms with Crippen molar-refractivity contribution in [3.8, 4) is 0 Å². The fraction of sp³-hybridized carbons (Fsp3) is 0.367. The van der Waals surface area contributed by atoms with Gasteiger partial charge in [0.15, 0.2) is 17.1 Å². The average Bonchev–Trinajstić information content (AvgIpc) is 3.61. The van der Waals surface area contributed by atoms with Gasteiger partial charge in [-0.15, -0.1) is 0 Å². The summed E-state index contributed by atoms with van der Waals surface area (Å²) in [7, 11) is 0. The monoisotopic (exact) mass is 526 g/mol. The highest BCUT2D eigenvalue weighted by molar-refractivity contribution is 6.06. The minimum atomic E-state index is -0.420. The number of aromatic nitrogens is 2. The fourth-order valence-electron chi connectivity index (χ4n) is 6.00. The number of hydrogen-bond donors (Lipinski definition) is 0. The van der Waals surface area contributed by atoms with Gasteiger partial charge >= 0.3 is 0 Å². The molecule has 1 saturated carbocycles. The predicted molar refractivity (Wildman–Crippen MR) is 148 cm³/mol. The summed E-state index contributed by atoms with van der Waals surface area (Å²) in [5, 5.41) is 0.410. The molecule has 0 radical (unpaired) electrons. The van der Waals surface area contributed by atoms with Gasteiger partial charge in [0, 0.05) is 48.5 Å². The zero-order chi connectivity index (χ0) is 27.1. The van der Waals surface area contributed by atoms with E-state index in [0.29, 0.717) is 54.8 Å². The maximum Gasteiger partial charge on any atom is 0.257 e. The fourth-order valence-corrected chi connectivity index (χ4v) is 6.00. The molecule has 3 aliphatic rings. The molecule has 0 N–H and O–H groups in total. The van der Waals surface area contributed by atoms with Crippen LogP contribution in [0.3, 0.4) is 0 Å². The molecule has 3 heterocycles. The largest absolute Gasteiger partial charge is 0.440 e. The highest BCUT2D eigenvalue weighted by Gasteiger charge is 2.38. The van der Waals surface area contributed by atoms with Gasteiger partial charge in [-0.1, -0.05) is 19.4 Å². The summed E-state index contributed by atoms with van der Waals surface area (Å²) in [4.78, 5) is 51.3. The Bertz CT molecular complexity index is 1560. The second-order valence-electron chi connectivity index (χ2n) is 10.3. The van der Waals surface area contributed by atoms with E-state index in [1.165, 1.54) is 17.0 Å². The van der Waals surface area contributed by atoms with Crippen LogP contribution < -0.4 is 15.2 Å². The quantitative estimate of drug-likeness (QED) is 0.432. The summed E-state index contributed by atoms with van der Waals surface area (Å²) in [6.07, 6.45) is 9.12. The third kappa shape index (κ3) is 4.57. The zero-order valence-corrected chi connectivity index (χ0v) is 21.9. The lowest BCUT2D eigenvalue weighted by molar-refractivity contribution is -0.114. The maximum atomic E-state index is 13.2. The number of amides is 1. The second kappa shape index (κ2) is 10.2. The van der Waals surface area contributed by atoms with Gasteiger partial charge in [-0.25, -0.2) is 14.9 Å². The van der Waals surface area contributed by atoms with Crippen LogP contribution in [-0.2, 0) is 14.3 Å². The summed E-state index contributed by atoms with van der Waals surface area (Å²) in [6.45, 7) is 7.63. The van der Waals surface area contributed by atoms with E-state index in [9.17, 15) is 14.4 Å². The Hall–Kier alpha value is -4.11. The molecule has 9 heteroatoms. The first-order valence-corrected chi connectivity index (χ1v) is 13.4. The van der Waals surface area contributed by atoms with Gasteiger partial charge in [0.1, 0.15) is 5.58 Å². The normalized spacial score (nSPS) is 19.2. The van der Waals surface area contributed by atoms with Crippen molar-refractivity contribution in [3.05, 3.63) is 70.2 Å². The van der Waals surface area contributed by atoms with Crippen molar-refractivity contribution in [3.63, 3.8) is 0 Å². The van der Waals surface area contributed by atoms with Crippen molar-refractivity contribution < 1.29 is 18.7 Å². The van der Waals surface area contributed by atoms with E-state index in [1.54, 1.807) is 31.3 Å². The number of carbonyl (C=O) groups is 2. The molecule has 1 unspecified atom stereocenters. The first-order chi connectivity index (χ1) is 18.9. The van der Waals surface area contributed by atoms with Gasteiger partial charge in [-0.2, -0.15) is 0 Å². The molecule has 9 nitrogen and oxygen atoms in total. The van der Waals surface area contributed by atoms with Crippen molar-refractivity contribution in [1.29, 1.82) is 0 Å². The van der Waals surface area contributed by atoms with Crippen molar-refractivity contribution in [2.75, 3.05) is 36.1 Å². The number of Topliss-reactive ketones (excluding diaryl/α,β-unsaturated/α-hetero) is 1. The Balaban J connectivity index is 1.42. The molecule has 1 saturated heterocycles. The van der Waals surface area contributed by atoms with E-state index in [0.717, 1.165) is 42.5 Å². The van der Waals surface area contributed by atoms with E-state index in [4.69, 9.17) is 14.1 Å². The number of carbonyl (C=O) groups excluding carboxylic acids is 2. The van der Waals surface area contributed by atoms with Crippen molar-refractivity contribution in [2.24, 2.45) is 5.92 Å². The summed E-state index contributed by atoms with van der Waals surface area (Å²) >= 11 is 0. The molecular formula is C30H30N4O5. The number of rotatable bonds is 6. The van der Waals surface area contributed by atoms with E-state index < -0.39 is 5.91 Å². The lowest BCUT2D eigenvalue weighted by Gasteiger charge is -2.27. The molecule has 1 aliphatic heterocycles. The van der Waals surface area contributed by atoms with E-state index in [2.05, 4.69) is 11.6 Å². The molecule has 1 amide bonds. The molecule has 6 rings (SSSR count). The Morgan fingerprint density at radius 2 is 1.92 bits per heavy atom. The van der Waals surface area contributed by atoms with Crippen LogP contribution in [0.15, 0.2) is 57.9 Å². The number of nitrogens with zero attached hydrogens (tertiary/aromatic N) is 4. The average molecular weight is 527 g/mol. The molecule has 2 aromatic heterocycles. The van der Waals surface area contributed by atoms with E-state index in [1.807, 2.05) is 11.0 Å². The Morgan fingerprint density at radius 1 is 1.15 bits per heavy atom. The smallest absolute Gasteiger partial charge is 0.257 e. The lowest BCUT2D eigenvalue weighted by Crippen LogP contribution is -2.36. The van der Waals surface area contributed by atoms with Crippen LogP contribution in [0.4, 0.5) is 17.5 Å². The number of ketones is 1. The van der Waals surface area contributed by atoms with Crippen LogP contribution in [0.1, 0.15) is 49.8 Å². The lowest BCUT2D eigenvalue weighted by atomic mass is 9.83. The number of fused-ring (bicyclic) bond motifs is 2. The zero-order valence-electron chi connectivity index (χ0n) is 21.9. The highest BCUT2D eigenvalue weighted by Crippen LogP contribution is 2.47. The molecule has 2 aliphatic carbocycles. The number of benzene rings is 1. The maximum absolute atomic E-state index is 13.2. The van der Waals surface area contributed by atoms with Crippen LogP contribution in [-0.4, -0.2) is 48.0 Å². The van der Waals surface area contributed by atoms with Crippen LogP contribution >= 0.6 is 0 Å². The molecule has 39 heavy (non-hydrogen) atoms. The second-order valence-corrected chi connectivity index (χ2v) is 10.3. The molecule has 3 aromatic rings. The molecule has 0 bridgehead atoms. The van der Waals surface area contributed by atoms with Crippen molar-refractivity contribution >= 4 is 46.3 Å². The standard InChI is InChI=1S/C30H30N4O5/c1-3-26(37)34(21-8-9-22-24(36)16-27(39-25(22)15-21)33-10-12-38-13-11-33)30-31-17-20-14-23(18(2)35)28(29(20)32-30)19-6-4-5-7-19/h3,8-9,14-17,19,28H,1,4-7,10-13H2,2H3. The van der Waals surface area contributed by atoms with E-state index in [-0.39, 0.29) is 23.1 Å². The molecule has 1 atom stereocenters. The van der Waals surface area contributed by atoms with Crippen LogP contribution in [0, 0.1) is 5.92 Å². The minimum absolute atomic E-state index is 0.0334. The van der Waals surface area contributed by atoms with Gasteiger partial charge in [-0.05, 0) is 50.0 Å². The molecule has 2 fully saturated rings. The predicted octanol–water partition coefficient (Wildman–Crippen LogP) is 4.53. The first kappa shape index (κ1) is 25.2. The Labute approximate surface area is 225 Å². The van der Waals surface area contributed by atoms with Crippen LogP contribution in [0.5, 0.6) is 0 Å². The Morgan fingerprint density at radius 3 is 2.64 bits per heavy atom. The van der Waals surface area contributed by atoms with Gasteiger partial charge in [0.25, 0.3) is 5.91 Å². The molecule has 200 valence electrons. The topological polar surface area (TPSA) is 106 Å². The third-order valence-corrected chi connectivity index (χ3v) is 7.93. The minimum Gasteiger partial charge on any atom is -0.440 e. The molecule has 1 aromatic carbocycles. The van der Waals surface area contributed by atoms with Crippen LogP contribution in [0.2, 0.25) is 0 Å². The molecule has 0 spiro atoms.